The summed E-state index contributed by atoms with van der Waals surface area (Å²) in [4.78, 5) is 50.4. The largest absolute Gasteiger partial charge is 0.466 e. The molecule has 1 rings (SSSR count). The van der Waals surface area contributed by atoms with Crippen molar-refractivity contribution in [2.45, 2.75) is 45.2 Å². The molecule has 1 amide bonds. The zero-order valence-electron chi connectivity index (χ0n) is 16.0. The van der Waals surface area contributed by atoms with E-state index in [1.165, 1.54) is 18.0 Å². The van der Waals surface area contributed by atoms with Gasteiger partial charge < -0.3 is 9.47 Å². The predicted molar refractivity (Wildman–Crippen MR) is 99.4 cm³/mol. The maximum Gasteiger partial charge on any atom is 0.343 e. The number of nitrogens with zero attached hydrogens (tertiary/aromatic N) is 3. The number of thioether (sulfide) groups is 1. The van der Waals surface area contributed by atoms with Crippen molar-refractivity contribution < 1.29 is 28.7 Å². The predicted octanol–water partition coefficient (Wildman–Crippen LogP) is 2.39. The fourth-order valence-corrected chi connectivity index (χ4v) is 2.26. The number of aromatic nitrogens is 2. The van der Waals surface area contributed by atoms with Gasteiger partial charge in [-0.3, -0.25) is 14.4 Å². The molecule has 0 saturated carbocycles. The van der Waals surface area contributed by atoms with Crippen molar-refractivity contribution in [3.05, 3.63) is 11.8 Å². The smallest absolute Gasteiger partial charge is 0.343 e. The van der Waals surface area contributed by atoms with Crippen molar-refractivity contribution in [3.63, 3.8) is 0 Å². The Morgan fingerprint density at radius 3 is 2.44 bits per heavy atom. The van der Waals surface area contributed by atoms with Gasteiger partial charge in [-0.05, 0) is 26.5 Å². The van der Waals surface area contributed by atoms with Crippen LogP contribution in [0.3, 0.4) is 0 Å². The lowest BCUT2D eigenvalue weighted by Crippen LogP contribution is -2.35. The lowest BCUT2D eigenvalue weighted by Gasteiger charge is -2.22. The van der Waals surface area contributed by atoms with Gasteiger partial charge in [0.15, 0.2) is 11.0 Å². The molecule has 0 fully saturated rings. The van der Waals surface area contributed by atoms with Crippen LogP contribution < -0.4 is 5.06 Å². The van der Waals surface area contributed by atoms with Gasteiger partial charge in [-0.2, -0.15) is 5.06 Å². The van der Waals surface area contributed by atoms with E-state index in [9.17, 15) is 14.4 Å². The van der Waals surface area contributed by atoms with Crippen molar-refractivity contribution in [1.82, 2.24) is 9.97 Å². The molecular formula is C17H25N3O6S. The molecule has 0 N–H and O–H groups in total. The summed E-state index contributed by atoms with van der Waals surface area (Å²) in [5, 5.41) is 1.20. The van der Waals surface area contributed by atoms with Crippen LogP contribution >= 0.6 is 11.8 Å². The second kappa shape index (κ2) is 12.2. The van der Waals surface area contributed by atoms with Gasteiger partial charge in [0.05, 0.1) is 19.8 Å². The van der Waals surface area contributed by atoms with Crippen LogP contribution in [0, 0.1) is 0 Å². The highest BCUT2D eigenvalue weighted by Gasteiger charge is 2.28. The topological polar surface area (TPSA) is 108 Å². The number of rotatable bonds is 11. The number of hydrogen-bond donors (Lipinski definition) is 0. The van der Waals surface area contributed by atoms with E-state index in [0.29, 0.717) is 11.6 Å². The Morgan fingerprint density at radius 2 is 1.85 bits per heavy atom. The molecule has 0 aliphatic rings. The molecule has 0 aliphatic heterocycles. The zero-order valence-corrected chi connectivity index (χ0v) is 16.8. The Hall–Kier alpha value is -2.20. The van der Waals surface area contributed by atoms with Crippen molar-refractivity contribution >= 4 is 35.4 Å². The molecule has 9 nitrogen and oxygen atoms in total. The zero-order chi connectivity index (χ0) is 20.2. The lowest BCUT2D eigenvalue weighted by atomic mass is 10.3. The van der Waals surface area contributed by atoms with E-state index in [-0.39, 0.29) is 31.2 Å². The van der Waals surface area contributed by atoms with E-state index in [1.54, 1.807) is 20.1 Å². The Kier molecular flexibility index (Phi) is 10.3. The number of hydroxylamine groups is 1. The SMILES string of the molecule is CCCCON(C(=O)CC(=O)OCC)c1nc(SC)ncc1C(=O)OCC. The summed E-state index contributed by atoms with van der Waals surface area (Å²) >= 11 is 1.24. The highest BCUT2D eigenvalue weighted by Crippen LogP contribution is 2.23. The number of esters is 2. The molecule has 0 aromatic carbocycles. The van der Waals surface area contributed by atoms with E-state index >= 15 is 0 Å². The van der Waals surface area contributed by atoms with Gasteiger partial charge in [-0.15, -0.1) is 0 Å². The molecule has 0 radical (unpaired) electrons. The van der Waals surface area contributed by atoms with Crippen LogP contribution in [0.1, 0.15) is 50.4 Å². The Balaban J connectivity index is 3.26. The summed E-state index contributed by atoms with van der Waals surface area (Å²) in [7, 11) is 0. The summed E-state index contributed by atoms with van der Waals surface area (Å²) in [6.07, 6.45) is 4.01. The summed E-state index contributed by atoms with van der Waals surface area (Å²) in [5.41, 5.74) is -0.0247. The third-order valence-corrected chi connectivity index (χ3v) is 3.72. The van der Waals surface area contributed by atoms with Gasteiger partial charge in [0.25, 0.3) is 5.91 Å². The van der Waals surface area contributed by atoms with E-state index in [2.05, 4.69) is 9.97 Å². The second-order valence-corrected chi connectivity index (χ2v) is 5.94. The van der Waals surface area contributed by atoms with Crippen molar-refractivity contribution in [1.29, 1.82) is 0 Å². The fraction of sp³-hybridized carbons (Fsp3) is 0.588. The first kappa shape index (κ1) is 22.8. The molecule has 27 heavy (non-hydrogen) atoms. The molecule has 1 aromatic rings. The maximum atomic E-state index is 12.6. The molecule has 0 saturated heterocycles. The first-order valence-corrected chi connectivity index (χ1v) is 9.90. The van der Waals surface area contributed by atoms with Gasteiger partial charge in [-0.1, -0.05) is 25.1 Å². The summed E-state index contributed by atoms with van der Waals surface area (Å²) in [6.45, 7) is 5.79. The number of unbranched alkanes of at least 4 members (excludes halogenated alkanes) is 1. The highest BCUT2D eigenvalue weighted by molar-refractivity contribution is 7.98. The molecule has 1 aromatic heterocycles. The minimum absolute atomic E-state index is 0.0247. The van der Waals surface area contributed by atoms with E-state index in [1.807, 2.05) is 6.92 Å². The number of amides is 1. The number of carbonyl (C=O) groups is 3. The summed E-state index contributed by atoms with van der Waals surface area (Å²) in [5.74, 6) is -2.13. The van der Waals surface area contributed by atoms with Crippen LogP contribution in [0.15, 0.2) is 11.4 Å². The molecule has 0 bridgehead atoms. The van der Waals surface area contributed by atoms with Gasteiger partial charge in [0.2, 0.25) is 0 Å². The van der Waals surface area contributed by atoms with Crippen LogP contribution in [0.2, 0.25) is 0 Å². The van der Waals surface area contributed by atoms with Crippen LogP contribution in [-0.2, 0) is 23.9 Å². The average molecular weight is 399 g/mol. The quantitative estimate of drug-likeness (QED) is 0.138. The minimum Gasteiger partial charge on any atom is -0.466 e. The average Bonchev–Trinajstić information content (AvgIpc) is 2.65. The molecule has 150 valence electrons. The molecule has 10 heteroatoms. The molecule has 0 spiro atoms. The molecule has 0 aliphatic carbocycles. The number of anilines is 1. The minimum atomic E-state index is -0.694. The van der Waals surface area contributed by atoms with E-state index in [4.69, 9.17) is 14.3 Å². The molecule has 0 unspecified atom stereocenters. The van der Waals surface area contributed by atoms with Gasteiger partial charge in [0.1, 0.15) is 12.0 Å². The normalized spacial score (nSPS) is 10.4. The van der Waals surface area contributed by atoms with Crippen LogP contribution in [-0.4, -0.2) is 53.9 Å². The maximum absolute atomic E-state index is 12.6. The molecule has 1 heterocycles. The first-order valence-electron chi connectivity index (χ1n) is 8.67. The Bertz CT molecular complexity index is 656. The number of ether oxygens (including phenoxy) is 2. The summed E-state index contributed by atoms with van der Waals surface area (Å²) in [6, 6.07) is 0. The fourth-order valence-electron chi connectivity index (χ4n) is 1.92. The van der Waals surface area contributed by atoms with Crippen LogP contribution in [0.25, 0.3) is 0 Å². The Labute approximate surface area is 162 Å². The van der Waals surface area contributed by atoms with Crippen molar-refractivity contribution in [3.8, 4) is 0 Å². The van der Waals surface area contributed by atoms with Gasteiger partial charge in [0, 0.05) is 6.20 Å². The first-order chi connectivity index (χ1) is 13.0. The summed E-state index contributed by atoms with van der Waals surface area (Å²) < 4.78 is 9.82. The van der Waals surface area contributed by atoms with E-state index < -0.39 is 24.3 Å². The standard InChI is InChI=1S/C17H25N3O6S/c1-5-8-9-26-20(13(21)10-14(22)24-6-2)15-12(16(23)25-7-3)11-18-17(19-15)27-4/h11H,5-10H2,1-4H3. The number of carbonyl (C=O) groups excluding carboxylic acids is 3. The third-order valence-electron chi connectivity index (χ3n) is 3.16. The monoisotopic (exact) mass is 399 g/mol. The van der Waals surface area contributed by atoms with Crippen LogP contribution in [0.5, 0.6) is 0 Å². The third kappa shape index (κ3) is 7.14. The highest BCUT2D eigenvalue weighted by atomic mass is 32.2. The second-order valence-electron chi connectivity index (χ2n) is 5.17. The van der Waals surface area contributed by atoms with Gasteiger partial charge in [-0.25, -0.2) is 14.8 Å². The Morgan fingerprint density at radius 1 is 1.15 bits per heavy atom. The van der Waals surface area contributed by atoms with Crippen molar-refractivity contribution in [2.75, 3.05) is 31.1 Å². The molecule has 0 atom stereocenters. The van der Waals surface area contributed by atoms with E-state index in [0.717, 1.165) is 11.5 Å². The lowest BCUT2D eigenvalue weighted by molar-refractivity contribution is -0.147. The van der Waals surface area contributed by atoms with Crippen LogP contribution in [0.4, 0.5) is 5.82 Å². The number of hydrogen-bond acceptors (Lipinski definition) is 9. The van der Waals surface area contributed by atoms with Gasteiger partial charge >= 0.3 is 11.9 Å². The molecular weight excluding hydrogens is 374 g/mol. The van der Waals surface area contributed by atoms with Crippen molar-refractivity contribution in [2.24, 2.45) is 0 Å².